The van der Waals surface area contributed by atoms with Crippen LogP contribution in [0.3, 0.4) is 0 Å². The van der Waals surface area contributed by atoms with Gasteiger partial charge in [-0.2, -0.15) is 0 Å². The molecule has 4 N–H and O–H groups in total. The molecule has 24 heavy (non-hydrogen) atoms. The lowest BCUT2D eigenvalue weighted by Gasteiger charge is -2.08. The van der Waals surface area contributed by atoms with Crippen LogP contribution in [0.4, 0.5) is 4.79 Å². The van der Waals surface area contributed by atoms with Crippen molar-refractivity contribution in [1.29, 1.82) is 0 Å². The summed E-state index contributed by atoms with van der Waals surface area (Å²) in [6, 6.07) is 14.0. The van der Waals surface area contributed by atoms with E-state index in [1.807, 2.05) is 25.1 Å². The Kier molecular flexibility index (Phi) is 5.94. The minimum Gasteiger partial charge on any atom is -0.338 e. The van der Waals surface area contributed by atoms with Crippen LogP contribution >= 0.6 is 0 Å². The second kappa shape index (κ2) is 7.94. The zero-order chi connectivity index (χ0) is 17.6. The molecule has 6 nitrogen and oxygen atoms in total. The summed E-state index contributed by atoms with van der Waals surface area (Å²) >= 11 is 0. The first-order valence-electron chi connectivity index (χ1n) is 7.53. The number of carbonyl (C=O) groups excluding carboxylic acids is 1. The third-order valence-electron chi connectivity index (χ3n) is 3.49. The van der Waals surface area contributed by atoms with Gasteiger partial charge in [-0.05, 0) is 36.6 Å². The molecule has 2 rings (SSSR count). The van der Waals surface area contributed by atoms with Crippen molar-refractivity contribution in [2.24, 2.45) is 5.14 Å². The van der Waals surface area contributed by atoms with Crippen molar-refractivity contribution < 1.29 is 13.2 Å². The maximum atomic E-state index is 11.8. The molecule has 128 valence electrons. The molecule has 0 aliphatic heterocycles. The van der Waals surface area contributed by atoms with E-state index in [0.29, 0.717) is 13.1 Å². The van der Waals surface area contributed by atoms with Crippen molar-refractivity contribution in [3.8, 4) is 0 Å². The van der Waals surface area contributed by atoms with Crippen molar-refractivity contribution in [1.82, 2.24) is 10.6 Å². The van der Waals surface area contributed by atoms with Crippen molar-refractivity contribution >= 4 is 16.1 Å². The standard InChI is InChI=1S/C17H21N3O3S/c1-13-3-2-4-14(11-13)9-10-19-17(21)20-12-15-5-7-16(8-6-15)24(18,22)23/h2-8,11H,9-10,12H2,1H3,(H2,18,22,23)(H2,19,20,21). The van der Waals surface area contributed by atoms with Crippen molar-refractivity contribution in [2.75, 3.05) is 6.54 Å². The van der Waals surface area contributed by atoms with Gasteiger partial charge in [0.15, 0.2) is 0 Å². The van der Waals surface area contributed by atoms with Crippen molar-refractivity contribution in [2.45, 2.75) is 24.8 Å². The quantitative estimate of drug-likeness (QED) is 0.741. The van der Waals surface area contributed by atoms with E-state index in [1.165, 1.54) is 23.3 Å². The van der Waals surface area contributed by atoms with Gasteiger partial charge in [0.05, 0.1) is 4.90 Å². The number of carbonyl (C=O) groups is 1. The molecular weight excluding hydrogens is 326 g/mol. The average molecular weight is 347 g/mol. The molecule has 0 saturated heterocycles. The van der Waals surface area contributed by atoms with Crippen molar-refractivity contribution in [3.63, 3.8) is 0 Å². The third kappa shape index (κ3) is 5.68. The van der Waals surface area contributed by atoms with Crippen LogP contribution in [-0.2, 0) is 23.0 Å². The molecular formula is C17H21N3O3S. The van der Waals surface area contributed by atoms with Gasteiger partial charge in [-0.1, -0.05) is 42.0 Å². The Hall–Kier alpha value is -2.38. The smallest absolute Gasteiger partial charge is 0.315 e. The summed E-state index contributed by atoms with van der Waals surface area (Å²) in [5.41, 5.74) is 3.16. The fraction of sp³-hybridized carbons (Fsp3) is 0.235. The molecule has 0 bridgehead atoms. The number of rotatable bonds is 6. The Balaban J connectivity index is 1.75. The van der Waals surface area contributed by atoms with E-state index in [4.69, 9.17) is 5.14 Å². The van der Waals surface area contributed by atoms with Gasteiger partial charge in [0.25, 0.3) is 0 Å². The summed E-state index contributed by atoms with van der Waals surface area (Å²) in [5, 5.41) is 10.5. The highest BCUT2D eigenvalue weighted by molar-refractivity contribution is 7.89. The number of sulfonamides is 1. The van der Waals surface area contributed by atoms with Crippen LogP contribution in [-0.4, -0.2) is 21.0 Å². The molecule has 2 aromatic rings. The van der Waals surface area contributed by atoms with E-state index in [-0.39, 0.29) is 10.9 Å². The van der Waals surface area contributed by atoms with E-state index in [0.717, 1.165) is 12.0 Å². The van der Waals surface area contributed by atoms with Crippen LogP contribution in [0.2, 0.25) is 0 Å². The van der Waals surface area contributed by atoms with Gasteiger partial charge in [0.2, 0.25) is 10.0 Å². The van der Waals surface area contributed by atoms with E-state index in [1.54, 1.807) is 12.1 Å². The number of amides is 2. The van der Waals surface area contributed by atoms with E-state index >= 15 is 0 Å². The lowest BCUT2D eigenvalue weighted by Crippen LogP contribution is -2.36. The van der Waals surface area contributed by atoms with Crippen LogP contribution in [0.15, 0.2) is 53.4 Å². The Morgan fingerprint density at radius 3 is 2.38 bits per heavy atom. The maximum absolute atomic E-state index is 11.8. The SMILES string of the molecule is Cc1cccc(CCNC(=O)NCc2ccc(S(N)(=O)=O)cc2)c1. The molecule has 0 atom stereocenters. The van der Waals surface area contributed by atoms with Crippen LogP contribution < -0.4 is 15.8 Å². The molecule has 0 saturated carbocycles. The number of nitrogens with two attached hydrogens (primary N) is 1. The number of aryl methyl sites for hydroxylation is 1. The largest absolute Gasteiger partial charge is 0.338 e. The van der Waals surface area contributed by atoms with Gasteiger partial charge in [-0.3, -0.25) is 0 Å². The fourth-order valence-corrected chi connectivity index (χ4v) is 2.75. The predicted molar refractivity (Wildman–Crippen MR) is 92.9 cm³/mol. The van der Waals surface area contributed by atoms with Gasteiger partial charge in [0.1, 0.15) is 0 Å². The lowest BCUT2D eigenvalue weighted by molar-refractivity contribution is 0.240. The average Bonchev–Trinajstić information content (AvgIpc) is 2.52. The van der Waals surface area contributed by atoms with Gasteiger partial charge in [0, 0.05) is 13.1 Å². The summed E-state index contributed by atoms with van der Waals surface area (Å²) in [4.78, 5) is 11.8. The zero-order valence-electron chi connectivity index (χ0n) is 13.5. The first-order chi connectivity index (χ1) is 11.3. The van der Waals surface area contributed by atoms with Gasteiger partial charge in [-0.25, -0.2) is 18.4 Å². The van der Waals surface area contributed by atoms with E-state index < -0.39 is 10.0 Å². The summed E-state index contributed by atoms with van der Waals surface area (Å²) in [5.74, 6) is 0. The Morgan fingerprint density at radius 1 is 1.04 bits per heavy atom. The molecule has 0 aliphatic rings. The Bertz CT molecular complexity index is 802. The molecule has 0 heterocycles. The van der Waals surface area contributed by atoms with Crippen LogP contribution in [0.5, 0.6) is 0 Å². The predicted octanol–water partition coefficient (Wildman–Crippen LogP) is 1.68. The molecule has 0 radical (unpaired) electrons. The fourth-order valence-electron chi connectivity index (χ4n) is 2.23. The first-order valence-corrected chi connectivity index (χ1v) is 9.08. The molecule has 0 spiro atoms. The number of hydrogen-bond acceptors (Lipinski definition) is 3. The second-order valence-corrected chi connectivity index (χ2v) is 7.10. The van der Waals surface area contributed by atoms with Crippen molar-refractivity contribution in [3.05, 3.63) is 65.2 Å². The van der Waals surface area contributed by atoms with Crippen LogP contribution in [0.1, 0.15) is 16.7 Å². The molecule has 0 fully saturated rings. The zero-order valence-corrected chi connectivity index (χ0v) is 14.3. The highest BCUT2D eigenvalue weighted by Crippen LogP contribution is 2.08. The van der Waals surface area contributed by atoms with Crippen LogP contribution in [0, 0.1) is 6.92 Å². The Morgan fingerprint density at radius 2 is 1.75 bits per heavy atom. The van der Waals surface area contributed by atoms with Gasteiger partial charge in [-0.15, -0.1) is 0 Å². The van der Waals surface area contributed by atoms with Gasteiger partial charge >= 0.3 is 6.03 Å². The lowest BCUT2D eigenvalue weighted by atomic mass is 10.1. The summed E-state index contributed by atoms with van der Waals surface area (Å²) in [6.45, 7) is 2.88. The summed E-state index contributed by atoms with van der Waals surface area (Å²) in [7, 11) is -3.69. The molecule has 0 unspecified atom stereocenters. The number of urea groups is 1. The number of hydrogen-bond donors (Lipinski definition) is 3. The monoisotopic (exact) mass is 347 g/mol. The van der Waals surface area contributed by atoms with E-state index in [2.05, 4.69) is 16.7 Å². The first kappa shape index (κ1) is 18.0. The molecule has 2 aromatic carbocycles. The Labute approximate surface area is 142 Å². The molecule has 0 aromatic heterocycles. The minimum absolute atomic E-state index is 0.0499. The number of primary sulfonamides is 1. The van der Waals surface area contributed by atoms with E-state index in [9.17, 15) is 13.2 Å². The molecule has 7 heteroatoms. The number of benzene rings is 2. The third-order valence-corrected chi connectivity index (χ3v) is 4.42. The molecule has 0 aliphatic carbocycles. The minimum atomic E-state index is -3.69. The second-order valence-electron chi connectivity index (χ2n) is 5.54. The highest BCUT2D eigenvalue weighted by Gasteiger charge is 2.07. The summed E-state index contributed by atoms with van der Waals surface area (Å²) < 4.78 is 22.3. The van der Waals surface area contributed by atoms with Gasteiger partial charge < -0.3 is 10.6 Å². The summed E-state index contributed by atoms with van der Waals surface area (Å²) in [6.07, 6.45) is 0.762. The normalized spacial score (nSPS) is 11.1. The topological polar surface area (TPSA) is 101 Å². The highest BCUT2D eigenvalue weighted by atomic mass is 32.2. The molecule has 2 amide bonds. The number of nitrogens with one attached hydrogen (secondary N) is 2. The maximum Gasteiger partial charge on any atom is 0.315 e. The van der Waals surface area contributed by atoms with Crippen LogP contribution in [0.25, 0.3) is 0 Å².